The summed E-state index contributed by atoms with van der Waals surface area (Å²) < 4.78 is 24.2. The maximum atomic E-state index is 13.1. The highest BCUT2D eigenvalue weighted by molar-refractivity contribution is 7.14. The molecule has 6 nitrogen and oxygen atoms in total. The van der Waals surface area contributed by atoms with E-state index < -0.39 is 11.8 Å². The van der Waals surface area contributed by atoms with E-state index in [9.17, 15) is 9.18 Å². The quantitative estimate of drug-likeness (QED) is 0.128. The van der Waals surface area contributed by atoms with Crippen molar-refractivity contribution in [3.8, 4) is 22.8 Å². The number of aromatic nitrogens is 1. The zero-order valence-corrected chi connectivity index (χ0v) is 19.6. The molecule has 34 heavy (non-hydrogen) atoms. The van der Waals surface area contributed by atoms with Gasteiger partial charge < -0.3 is 9.47 Å². The lowest BCUT2D eigenvalue weighted by Crippen LogP contribution is -2.10. The molecule has 1 aromatic heterocycles. The van der Waals surface area contributed by atoms with Crippen molar-refractivity contribution >= 4 is 40.3 Å². The standard InChI is InChI=1S/C25H19ClFN3O3S/c1-2-32-23-13-16(3-12-22(23)33-24(31)18-6-10-20(27)11-7-18)14-28-30-25-29-21(15-34-25)17-4-8-19(26)9-5-17/h3-15H,2H2,1H3,(H,29,30)/b28-14-. The number of benzene rings is 3. The van der Waals surface area contributed by atoms with E-state index >= 15 is 0 Å². The van der Waals surface area contributed by atoms with Crippen LogP contribution in [0.25, 0.3) is 11.3 Å². The van der Waals surface area contributed by atoms with Gasteiger partial charge in [0.15, 0.2) is 11.5 Å². The Kier molecular flexibility index (Phi) is 7.51. The lowest BCUT2D eigenvalue weighted by molar-refractivity contribution is 0.0728. The molecule has 0 aliphatic heterocycles. The van der Waals surface area contributed by atoms with Crippen LogP contribution in [0.15, 0.2) is 77.2 Å². The van der Waals surface area contributed by atoms with Gasteiger partial charge in [-0.25, -0.2) is 14.2 Å². The topological polar surface area (TPSA) is 72.8 Å². The summed E-state index contributed by atoms with van der Waals surface area (Å²) in [6, 6.07) is 17.6. The van der Waals surface area contributed by atoms with Crippen molar-refractivity contribution in [2.75, 3.05) is 12.0 Å². The van der Waals surface area contributed by atoms with E-state index in [0.717, 1.165) is 16.8 Å². The minimum atomic E-state index is -0.607. The molecular formula is C25H19ClFN3O3S. The fraction of sp³-hybridized carbons (Fsp3) is 0.0800. The van der Waals surface area contributed by atoms with Gasteiger partial charge in [-0.05, 0) is 67.1 Å². The summed E-state index contributed by atoms with van der Waals surface area (Å²) in [5, 5.41) is 7.47. The summed E-state index contributed by atoms with van der Waals surface area (Å²) in [6.07, 6.45) is 1.61. The average Bonchev–Trinajstić information content (AvgIpc) is 3.30. The van der Waals surface area contributed by atoms with Gasteiger partial charge in [0, 0.05) is 16.0 Å². The average molecular weight is 496 g/mol. The Morgan fingerprint density at radius 2 is 1.88 bits per heavy atom. The molecule has 0 radical (unpaired) electrons. The van der Waals surface area contributed by atoms with Crippen LogP contribution >= 0.6 is 22.9 Å². The number of ether oxygens (including phenoxy) is 2. The molecule has 9 heteroatoms. The van der Waals surface area contributed by atoms with Gasteiger partial charge in [0.25, 0.3) is 0 Å². The summed E-state index contributed by atoms with van der Waals surface area (Å²) in [5.74, 6) is -0.387. The van der Waals surface area contributed by atoms with E-state index in [2.05, 4.69) is 15.5 Å². The van der Waals surface area contributed by atoms with Crippen molar-refractivity contribution in [3.63, 3.8) is 0 Å². The van der Waals surface area contributed by atoms with Gasteiger partial charge >= 0.3 is 5.97 Å². The van der Waals surface area contributed by atoms with Crippen molar-refractivity contribution in [2.45, 2.75) is 6.92 Å². The first-order valence-corrected chi connectivity index (χ1v) is 11.5. The van der Waals surface area contributed by atoms with Crippen LogP contribution in [0.2, 0.25) is 5.02 Å². The van der Waals surface area contributed by atoms with Crippen LogP contribution in [-0.2, 0) is 0 Å². The van der Waals surface area contributed by atoms with E-state index in [0.29, 0.717) is 22.5 Å². The largest absolute Gasteiger partial charge is 0.490 e. The van der Waals surface area contributed by atoms with Gasteiger partial charge in [0.2, 0.25) is 5.13 Å². The minimum absolute atomic E-state index is 0.236. The number of hydrazone groups is 1. The predicted molar refractivity (Wildman–Crippen MR) is 133 cm³/mol. The molecule has 0 aliphatic carbocycles. The third-order valence-corrected chi connectivity index (χ3v) is 5.57. The maximum absolute atomic E-state index is 13.1. The Balaban J connectivity index is 1.43. The maximum Gasteiger partial charge on any atom is 0.343 e. The number of rotatable bonds is 8. The molecule has 0 amide bonds. The number of anilines is 1. The highest BCUT2D eigenvalue weighted by Gasteiger charge is 2.13. The molecule has 0 fully saturated rings. The predicted octanol–water partition coefficient (Wildman–Crippen LogP) is 6.67. The normalized spacial score (nSPS) is 10.9. The first kappa shape index (κ1) is 23.4. The molecule has 172 valence electrons. The third-order valence-electron chi connectivity index (χ3n) is 4.57. The van der Waals surface area contributed by atoms with Gasteiger partial charge in [-0.3, -0.25) is 5.43 Å². The number of hydrogen-bond donors (Lipinski definition) is 1. The summed E-state index contributed by atoms with van der Waals surface area (Å²) in [6.45, 7) is 2.21. The molecule has 0 atom stereocenters. The van der Waals surface area contributed by atoms with E-state index in [1.807, 2.05) is 36.6 Å². The van der Waals surface area contributed by atoms with Crippen LogP contribution in [0.1, 0.15) is 22.8 Å². The summed E-state index contributed by atoms with van der Waals surface area (Å²) in [5.41, 5.74) is 5.67. The second-order valence-corrected chi connectivity index (χ2v) is 8.24. The van der Waals surface area contributed by atoms with Gasteiger partial charge in [0.05, 0.1) is 24.1 Å². The number of nitrogens with zero attached hydrogens (tertiary/aromatic N) is 2. The fourth-order valence-corrected chi connectivity index (χ4v) is 3.74. The van der Waals surface area contributed by atoms with Crippen LogP contribution in [0.5, 0.6) is 11.5 Å². The molecule has 4 aromatic rings. The van der Waals surface area contributed by atoms with Crippen molar-refractivity contribution in [1.82, 2.24) is 4.98 Å². The van der Waals surface area contributed by atoms with E-state index in [4.69, 9.17) is 21.1 Å². The molecule has 0 aliphatic rings. The fourth-order valence-electron chi connectivity index (χ4n) is 2.94. The number of esters is 1. The van der Waals surface area contributed by atoms with E-state index in [1.165, 1.54) is 35.6 Å². The molecular weight excluding hydrogens is 477 g/mol. The molecule has 4 rings (SSSR count). The van der Waals surface area contributed by atoms with Crippen molar-refractivity contribution in [2.24, 2.45) is 5.10 Å². The smallest absolute Gasteiger partial charge is 0.343 e. The van der Waals surface area contributed by atoms with Crippen LogP contribution in [0.4, 0.5) is 9.52 Å². The number of nitrogens with one attached hydrogen (secondary N) is 1. The van der Waals surface area contributed by atoms with Crippen LogP contribution in [0.3, 0.4) is 0 Å². The van der Waals surface area contributed by atoms with Crippen LogP contribution in [-0.4, -0.2) is 23.8 Å². The van der Waals surface area contributed by atoms with Gasteiger partial charge in [-0.15, -0.1) is 11.3 Å². The SMILES string of the molecule is CCOc1cc(/C=N\Nc2nc(-c3ccc(Cl)cc3)cs2)ccc1OC(=O)c1ccc(F)cc1. The molecule has 1 heterocycles. The second-order valence-electron chi connectivity index (χ2n) is 6.95. The van der Waals surface area contributed by atoms with Crippen LogP contribution < -0.4 is 14.9 Å². The molecule has 3 aromatic carbocycles. The lowest BCUT2D eigenvalue weighted by atomic mass is 10.2. The number of carbonyl (C=O) groups is 1. The summed E-state index contributed by atoms with van der Waals surface area (Å²) >= 11 is 7.36. The van der Waals surface area contributed by atoms with E-state index in [-0.39, 0.29) is 11.3 Å². The number of thiazole rings is 1. The molecule has 0 spiro atoms. The Morgan fingerprint density at radius 3 is 2.62 bits per heavy atom. The lowest BCUT2D eigenvalue weighted by Gasteiger charge is -2.11. The van der Waals surface area contributed by atoms with Crippen molar-refractivity contribution in [3.05, 3.63) is 94.1 Å². The number of halogens is 2. The Hall–Kier alpha value is -3.75. The Bertz CT molecular complexity index is 1310. The van der Waals surface area contributed by atoms with E-state index in [1.54, 1.807) is 24.4 Å². The van der Waals surface area contributed by atoms with Crippen LogP contribution in [0, 0.1) is 5.82 Å². The van der Waals surface area contributed by atoms with Crippen molar-refractivity contribution in [1.29, 1.82) is 0 Å². The van der Waals surface area contributed by atoms with Gasteiger partial charge in [-0.1, -0.05) is 23.7 Å². The Morgan fingerprint density at radius 1 is 1.12 bits per heavy atom. The molecule has 0 bridgehead atoms. The molecule has 0 saturated heterocycles. The Labute approximate surface area is 204 Å². The van der Waals surface area contributed by atoms with Crippen molar-refractivity contribution < 1.29 is 18.7 Å². The summed E-state index contributed by atoms with van der Waals surface area (Å²) in [4.78, 5) is 16.9. The molecule has 0 saturated carbocycles. The zero-order valence-electron chi connectivity index (χ0n) is 18.0. The number of carbonyl (C=O) groups excluding carboxylic acids is 1. The second kappa shape index (κ2) is 10.9. The monoisotopic (exact) mass is 495 g/mol. The highest BCUT2D eigenvalue weighted by atomic mass is 35.5. The first-order chi connectivity index (χ1) is 16.5. The zero-order chi connectivity index (χ0) is 23.9. The molecule has 0 unspecified atom stereocenters. The van der Waals surface area contributed by atoms with Gasteiger partial charge in [-0.2, -0.15) is 5.10 Å². The summed E-state index contributed by atoms with van der Waals surface area (Å²) in [7, 11) is 0. The first-order valence-electron chi connectivity index (χ1n) is 10.3. The number of hydrogen-bond acceptors (Lipinski definition) is 7. The third kappa shape index (κ3) is 5.98. The highest BCUT2D eigenvalue weighted by Crippen LogP contribution is 2.29. The van der Waals surface area contributed by atoms with Gasteiger partial charge in [0.1, 0.15) is 5.82 Å². The molecule has 1 N–H and O–H groups in total. The minimum Gasteiger partial charge on any atom is -0.490 e.